The highest BCUT2D eigenvalue weighted by atomic mass is 15.1. The predicted octanol–water partition coefficient (Wildman–Crippen LogP) is 2.28. The van der Waals surface area contributed by atoms with Crippen molar-refractivity contribution in [1.82, 2.24) is 9.55 Å². The Hall–Kier alpha value is -1.61. The van der Waals surface area contributed by atoms with Gasteiger partial charge in [0, 0.05) is 19.4 Å². The van der Waals surface area contributed by atoms with Crippen molar-refractivity contribution in [2.45, 2.75) is 26.3 Å². The summed E-state index contributed by atoms with van der Waals surface area (Å²) in [6, 6.07) is 6.45. The molecule has 1 heterocycles. The molecule has 2 rings (SSSR count). The Morgan fingerprint density at radius 1 is 1.29 bits per heavy atom. The third-order valence-corrected chi connectivity index (χ3v) is 3.22. The first-order valence-electron chi connectivity index (χ1n) is 5.87. The molecule has 0 spiro atoms. The van der Waals surface area contributed by atoms with Gasteiger partial charge in [-0.3, -0.25) is 0 Å². The summed E-state index contributed by atoms with van der Waals surface area (Å²) in [6.45, 7) is 4.25. The van der Waals surface area contributed by atoms with E-state index >= 15 is 0 Å². The van der Waals surface area contributed by atoms with Crippen LogP contribution >= 0.6 is 0 Å². The normalized spacial score (nSPS) is 12.7. The summed E-state index contributed by atoms with van der Waals surface area (Å²) >= 11 is 0. The number of imidazole rings is 1. The lowest BCUT2D eigenvalue weighted by atomic mass is 10.0. The van der Waals surface area contributed by atoms with Crippen molar-refractivity contribution in [3.63, 3.8) is 0 Å². The van der Waals surface area contributed by atoms with Gasteiger partial charge in [-0.15, -0.1) is 0 Å². The number of hydrogen-bond acceptors (Lipinski definition) is 2. The van der Waals surface area contributed by atoms with E-state index in [-0.39, 0.29) is 6.04 Å². The quantitative estimate of drug-likeness (QED) is 0.877. The zero-order valence-corrected chi connectivity index (χ0v) is 10.6. The smallest absolute Gasteiger partial charge is 0.125 e. The predicted molar refractivity (Wildman–Crippen MR) is 69.8 cm³/mol. The van der Waals surface area contributed by atoms with Gasteiger partial charge >= 0.3 is 0 Å². The van der Waals surface area contributed by atoms with E-state index in [1.54, 1.807) is 6.20 Å². The largest absolute Gasteiger partial charge is 0.337 e. The van der Waals surface area contributed by atoms with Gasteiger partial charge in [0.2, 0.25) is 0 Å². The molecule has 0 saturated heterocycles. The molecular weight excluding hydrogens is 210 g/mol. The van der Waals surface area contributed by atoms with Crippen molar-refractivity contribution in [2.75, 3.05) is 0 Å². The van der Waals surface area contributed by atoms with Crippen molar-refractivity contribution in [1.29, 1.82) is 0 Å². The molecular formula is C14H19N3. The topological polar surface area (TPSA) is 43.8 Å². The fourth-order valence-electron chi connectivity index (χ4n) is 2.01. The summed E-state index contributed by atoms with van der Waals surface area (Å²) in [7, 11) is 1.97. The van der Waals surface area contributed by atoms with Crippen molar-refractivity contribution in [3.8, 4) is 0 Å². The lowest BCUT2D eigenvalue weighted by Crippen LogP contribution is -2.17. The Bertz CT molecular complexity index is 514. The molecule has 0 saturated carbocycles. The molecule has 0 amide bonds. The number of nitrogens with two attached hydrogens (primary N) is 1. The van der Waals surface area contributed by atoms with Gasteiger partial charge in [-0.05, 0) is 37.0 Å². The van der Waals surface area contributed by atoms with Crippen LogP contribution in [0.2, 0.25) is 0 Å². The SMILES string of the molecule is Cc1ccc(CC(N)c2nccn2C)cc1C. The Balaban J connectivity index is 2.16. The zero-order chi connectivity index (χ0) is 12.4. The molecule has 3 heteroatoms. The van der Waals surface area contributed by atoms with E-state index in [9.17, 15) is 0 Å². The van der Waals surface area contributed by atoms with Crippen LogP contribution in [-0.4, -0.2) is 9.55 Å². The van der Waals surface area contributed by atoms with E-state index in [0.717, 1.165) is 12.2 Å². The molecule has 1 atom stereocenters. The fourth-order valence-corrected chi connectivity index (χ4v) is 2.01. The second-order valence-corrected chi connectivity index (χ2v) is 4.63. The minimum absolute atomic E-state index is 0.0443. The molecule has 0 aliphatic carbocycles. The first-order chi connectivity index (χ1) is 8.08. The molecule has 0 fully saturated rings. The number of rotatable bonds is 3. The molecule has 1 unspecified atom stereocenters. The van der Waals surface area contributed by atoms with Crippen LogP contribution in [0.1, 0.15) is 28.6 Å². The first kappa shape index (κ1) is 11.9. The number of benzene rings is 1. The van der Waals surface area contributed by atoms with Crippen LogP contribution in [0.5, 0.6) is 0 Å². The van der Waals surface area contributed by atoms with Gasteiger partial charge in [0.25, 0.3) is 0 Å². The third-order valence-electron chi connectivity index (χ3n) is 3.22. The molecule has 1 aromatic heterocycles. The number of aryl methyl sites for hydroxylation is 3. The van der Waals surface area contributed by atoms with Gasteiger partial charge in [-0.25, -0.2) is 4.98 Å². The molecule has 3 nitrogen and oxygen atoms in total. The van der Waals surface area contributed by atoms with Crippen LogP contribution in [0.15, 0.2) is 30.6 Å². The summed E-state index contributed by atoms with van der Waals surface area (Å²) in [5.74, 6) is 0.934. The van der Waals surface area contributed by atoms with E-state index in [4.69, 9.17) is 5.73 Å². The van der Waals surface area contributed by atoms with E-state index < -0.39 is 0 Å². The second kappa shape index (κ2) is 4.72. The minimum Gasteiger partial charge on any atom is -0.337 e. The van der Waals surface area contributed by atoms with Gasteiger partial charge in [0.1, 0.15) is 5.82 Å². The number of aromatic nitrogens is 2. The lowest BCUT2D eigenvalue weighted by Gasteiger charge is -2.12. The highest BCUT2D eigenvalue weighted by Crippen LogP contribution is 2.16. The highest BCUT2D eigenvalue weighted by molar-refractivity contribution is 5.30. The first-order valence-corrected chi connectivity index (χ1v) is 5.87. The molecule has 0 aliphatic heterocycles. The van der Waals surface area contributed by atoms with Crippen molar-refractivity contribution in [3.05, 3.63) is 53.1 Å². The monoisotopic (exact) mass is 229 g/mol. The molecule has 0 bridgehead atoms. The summed E-state index contributed by atoms with van der Waals surface area (Å²) in [6.07, 6.45) is 4.54. The summed E-state index contributed by atoms with van der Waals surface area (Å²) in [5, 5.41) is 0. The molecule has 1 aromatic carbocycles. The average Bonchev–Trinajstić information content (AvgIpc) is 2.70. The van der Waals surface area contributed by atoms with Gasteiger partial charge in [0.15, 0.2) is 0 Å². The highest BCUT2D eigenvalue weighted by Gasteiger charge is 2.11. The Labute approximate surface area is 102 Å². The Kier molecular flexibility index (Phi) is 3.29. The van der Waals surface area contributed by atoms with Crippen molar-refractivity contribution in [2.24, 2.45) is 12.8 Å². The second-order valence-electron chi connectivity index (χ2n) is 4.63. The van der Waals surface area contributed by atoms with Crippen LogP contribution in [0.25, 0.3) is 0 Å². The molecule has 0 radical (unpaired) electrons. The number of hydrogen-bond donors (Lipinski definition) is 1. The zero-order valence-electron chi connectivity index (χ0n) is 10.6. The van der Waals surface area contributed by atoms with Gasteiger partial charge in [-0.1, -0.05) is 18.2 Å². The maximum absolute atomic E-state index is 6.18. The van der Waals surface area contributed by atoms with E-state index in [0.29, 0.717) is 0 Å². The summed E-state index contributed by atoms with van der Waals surface area (Å²) < 4.78 is 1.98. The average molecular weight is 229 g/mol. The molecule has 0 aliphatic rings. The van der Waals surface area contributed by atoms with E-state index in [1.165, 1.54) is 16.7 Å². The standard InChI is InChI=1S/C14H19N3/c1-10-4-5-12(8-11(10)2)9-13(15)14-16-6-7-17(14)3/h4-8,13H,9,15H2,1-3H3. The Morgan fingerprint density at radius 3 is 2.65 bits per heavy atom. The van der Waals surface area contributed by atoms with Crippen LogP contribution in [0.3, 0.4) is 0 Å². The van der Waals surface area contributed by atoms with E-state index in [1.807, 2.05) is 17.8 Å². The van der Waals surface area contributed by atoms with Crippen LogP contribution in [-0.2, 0) is 13.5 Å². The fraction of sp³-hybridized carbons (Fsp3) is 0.357. The maximum atomic E-state index is 6.18. The summed E-state index contributed by atoms with van der Waals surface area (Å²) in [4.78, 5) is 4.29. The van der Waals surface area contributed by atoms with Crippen molar-refractivity contribution < 1.29 is 0 Å². The van der Waals surface area contributed by atoms with Crippen LogP contribution < -0.4 is 5.73 Å². The molecule has 17 heavy (non-hydrogen) atoms. The maximum Gasteiger partial charge on any atom is 0.125 e. The minimum atomic E-state index is -0.0443. The Morgan fingerprint density at radius 2 is 2.06 bits per heavy atom. The van der Waals surface area contributed by atoms with Gasteiger partial charge < -0.3 is 10.3 Å². The van der Waals surface area contributed by atoms with Crippen LogP contribution in [0, 0.1) is 13.8 Å². The van der Waals surface area contributed by atoms with Gasteiger partial charge in [0.05, 0.1) is 6.04 Å². The van der Waals surface area contributed by atoms with E-state index in [2.05, 4.69) is 37.0 Å². The van der Waals surface area contributed by atoms with Crippen molar-refractivity contribution >= 4 is 0 Å². The number of nitrogens with zero attached hydrogens (tertiary/aromatic N) is 2. The molecule has 2 N–H and O–H groups in total. The van der Waals surface area contributed by atoms with Gasteiger partial charge in [-0.2, -0.15) is 0 Å². The summed E-state index contributed by atoms with van der Waals surface area (Å²) in [5.41, 5.74) is 10.1. The molecule has 2 aromatic rings. The molecule has 90 valence electrons. The lowest BCUT2D eigenvalue weighted by molar-refractivity contribution is 0.632. The third kappa shape index (κ3) is 2.56. The van der Waals surface area contributed by atoms with Crippen LogP contribution in [0.4, 0.5) is 0 Å².